The highest BCUT2D eigenvalue weighted by Gasteiger charge is 2.18. The summed E-state index contributed by atoms with van der Waals surface area (Å²) in [5.74, 6) is 1.11. The minimum atomic E-state index is 0.417. The highest BCUT2D eigenvalue weighted by atomic mass is 32.2. The number of aliphatic imine (C=N–C) groups is 1. The molecule has 1 unspecified atom stereocenters. The van der Waals surface area contributed by atoms with Crippen LogP contribution in [-0.4, -0.2) is 42.0 Å². The zero-order valence-corrected chi connectivity index (χ0v) is 12.6. The van der Waals surface area contributed by atoms with Crippen molar-refractivity contribution in [3.05, 3.63) is 35.9 Å². The Morgan fingerprint density at radius 3 is 2.58 bits per heavy atom. The van der Waals surface area contributed by atoms with Crippen molar-refractivity contribution in [2.45, 2.75) is 19.9 Å². The van der Waals surface area contributed by atoms with Crippen LogP contribution in [0.3, 0.4) is 0 Å². The van der Waals surface area contributed by atoms with Gasteiger partial charge in [-0.05, 0) is 18.7 Å². The van der Waals surface area contributed by atoms with Gasteiger partial charge in [-0.25, -0.2) is 0 Å². The van der Waals surface area contributed by atoms with Crippen LogP contribution >= 0.6 is 11.8 Å². The molecule has 2 rings (SSSR count). The molecule has 0 aliphatic carbocycles. The Kier molecular flexibility index (Phi) is 5.73. The van der Waals surface area contributed by atoms with E-state index < -0.39 is 0 Å². The van der Waals surface area contributed by atoms with Crippen molar-refractivity contribution in [2.24, 2.45) is 4.99 Å². The van der Waals surface area contributed by atoms with Gasteiger partial charge in [-0.15, -0.1) is 0 Å². The standard InChI is InChI=1S/C15H23N3S/c1-3-18(4-2)14(13-8-6-5-7-9-13)12-17-15-16-10-11-19-15/h5-9,14H,3-4,10-12H2,1-2H3,(H,16,17). The summed E-state index contributed by atoms with van der Waals surface area (Å²) in [5, 5.41) is 4.61. The average molecular weight is 277 g/mol. The van der Waals surface area contributed by atoms with Crippen LogP contribution in [0.25, 0.3) is 0 Å². The largest absolute Gasteiger partial charge is 0.363 e. The second-order valence-electron chi connectivity index (χ2n) is 4.56. The Hall–Kier alpha value is -1.00. The summed E-state index contributed by atoms with van der Waals surface area (Å²) in [6.07, 6.45) is 0. The fourth-order valence-corrected chi connectivity index (χ4v) is 3.17. The molecule has 4 heteroatoms. The lowest BCUT2D eigenvalue weighted by Gasteiger charge is -2.30. The first-order valence-corrected chi connectivity index (χ1v) is 8.03. The number of likely N-dealkylation sites (N-methyl/N-ethyl adjacent to an activating group) is 1. The van der Waals surface area contributed by atoms with Crippen molar-refractivity contribution >= 4 is 16.9 Å². The van der Waals surface area contributed by atoms with Crippen LogP contribution in [0.15, 0.2) is 35.3 Å². The number of thioether (sulfide) groups is 1. The monoisotopic (exact) mass is 277 g/mol. The van der Waals surface area contributed by atoms with E-state index in [1.165, 1.54) is 5.56 Å². The predicted octanol–water partition coefficient (Wildman–Crippen LogP) is 2.76. The number of benzene rings is 1. The van der Waals surface area contributed by atoms with E-state index >= 15 is 0 Å². The van der Waals surface area contributed by atoms with Gasteiger partial charge in [0.2, 0.25) is 0 Å². The molecular formula is C15H23N3S. The molecule has 1 aliphatic rings. The van der Waals surface area contributed by atoms with E-state index in [1.807, 2.05) is 11.8 Å². The Balaban J connectivity index is 2.05. The Morgan fingerprint density at radius 1 is 1.26 bits per heavy atom. The van der Waals surface area contributed by atoms with Gasteiger partial charge in [0.1, 0.15) is 0 Å². The van der Waals surface area contributed by atoms with Gasteiger partial charge in [-0.2, -0.15) is 0 Å². The molecule has 1 atom stereocenters. The normalized spacial score (nSPS) is 16.5. The molecule has 19 heavy (non-hydrogen) atoms. The van der Waals surface area contributed by atoms with E-state index in [9.17, 15) is 0 Å². The number of amidine groups is 1. The highest BCUT2D eigenvalue weighted by molar-refractivity contribution is 8.14. The van der Waals surface area contributed by atoms with Crippen molar-refractivity contribution in [1.29, 1.82) is 0 Å². The average Bonchev–Trinajstić information content (AvgIpc) is 2.97. The molecule has 1 aliphatic heterocycles. The maximum absolute atomic E-state index is 4.46. The van der Waals surface area contributed by atoms with E-state index in [0.29, 0.717) is 6.04 Å². The molecule has 0 amide bonds. The number of nitrogens with one attached hydrogen (secondary N) is 1. The van der Waals surface area contributed by atoms with E-state index in [4.69, 9.17) is 0 Å². The lowest BCUT2D eigenvalue weighted by atomic mass is 10.1. The summed E-state index contributed by atoms with van der Waals surface area (Å²) in [4.78, 5) is 6.95. The fourth-order valence-electron chi connectivity index (χ4n) is 2.42. The van der Waals surface area contributed by atoms with Gasteiger partial charge < -0.3 is 5.32 Å². The Bertz CT molecular complexity index is 401. The summed E-state index contributed by atoms with van der Waals surface area (Å²) in [5.41, 5.74) is 1.38. The number of rotatable bonds is 6. The topological polar surface area (TPSA) is 27.6 Å². The lowest BCUT2D eigenvalue weighted by Crippen LogP contribution is -2.37. The smallest absolute Gasteiger partial charge is 0.156 e. The summed E-state index contributed by atoms with van der Waals surface area (Å²) < 4.78 is 0. The Labute approximate surface area is 120 Å². The zero-order chi connectivity index (χ0) is 13.5. The molecule has 0 bridgehead atoms. The second kappa shape index (κ2) is 7.56. The van der Waals surface area contributed by atoms with E-state index in [-0.39, 0.29) is 0 Å². The minimum absolute atomic E-state index is 0.417. The second-order valence-corrected chi connectivity index (χ2v) is 5.65. The van der Waals surface area contributed by atoms with Crippen molar-refractivity contribution in [1.82, 2.24) is 10.2 Å². The van der Waals surface area contributed by atoms with Gasteiger partial charge in [0.25, 0.3) is 0 Å². The quantitative estimate of drug-likeness (QED) is 0.866. The molecule has 1 aromatic carbocycles. The molecule has 1 aromatic rings. The summed E-state index contributed by atoms with van der Waals surface area (Å²) in [6.45, 7) is 8.46. The highest BCUT2D eigenvalue weighted by Crippen LogP contribution is 2.20. The van der Waals surface area contributed by atoms with Crippen LogP contribution in [0, 0.1) is 0 Å². The molecule has 0 aromatic heterocycles. The zero-order valence-electron chi connectivity index (χ0n) is 11.8. The van der Waals surface area contributed by atoms with E-state index in [2.05, 4.69) is 59.4 Å². The molecule has 0 fully saturated rings. The summed E-state index contributed by atoms with van der Waals surface area (Å²) in [7, 11) is 0. The third kappa shape index (κ3) is 3.98. The maximum atomic E-state index is 4.46. The van der Waals surface area contributed by atoms with Gasteiger partial charge in [-0.1, -0.05) is 55.9 Å². The SMILES string of the molecule is CCN(CC)C(CNC1=NCCS1)c1ccccc1. The number of nitrogens with zero attached hydrogens (tertiary/aromatic N) is 2. The van der Waals surface area contributed by atoms with Gasteiger partial charge in [0, 0.05) is 12.3 Å². The predicted molar refractivity (Wildman–Crippen MR) is 84.9 cm³/mol. The van der Waals surface area contributed by atoms with Crippen molar-refractivity contribution < 1.29 is 0 Å². The molecule has 1 heterocycles. The summed E-state index contributed by atoms with van der Waals surface area (Å²) >= 11 is 1.83. The van der Waals surface area contributed by atoms with Gasteiger partial charge in [-0.3, -0.25) is 9.89 Å². The lowest BCUT2D eigenvalue weighted by molar-refractivity contribution is 0.219. The van der Waals surface area contributed by atoms with Crippen molar-refractivity contribution in [3.8, 4) is 0 Å². The first-order valence-electron chi connectivity index (χ1n) is 7.05. The van der Waals surface area contributed by atoms with Gasteiger partial charge >= 0.3 is 0 Å². The fraction of sp³-hybridized carbons (Fsp3) is 0.533. The molecule has 0 saturated heterocycles. The molecule has 0 radical (unpaired) electrons. The Morgan fingerprint density at radius 2 is 2.00 bits per heavy atom. The number of hydrogen-bond acceptors (Lipinski definition) is 4. The molecular weight excluding hydrogens is 254 g/mol. The molecule has 3 nitrogen and oxygen atoms in total. The third-order valence-corrected chi connectivity index (χ3v) is 4.40. The van der Waals surface area contributed by atoms with Crippen LogP contribution in [0.4, 0.5) is 0 Å². The maximum Gasteiger partial charge on any atom is 0.156 e. The first kappa shape index (κ1) is 14.4. The van der Waals surface area contributed by atoms with Crippen LogP contribution in [0.1, 0.15) is 25.5 Å². The minimum Gasteiger partial charge on any atom is -0.363 e. The van der Waals surface area contributed by atoms with Gasteiger partial charge in [0.05, 0.1) is 12.6 Å². The van der Waals surface area contributed by atoms with Crippen LogP contribution in [0.2, 0.25) is 0 Å². The van der Waals surface area contributed by atoms with E-state index in [0.717, 1.165) is 37.1 Å². The third-order valence-electron chi connectivity index (χ3n) is 3.47. The number of hydrogen-bond donors (Lipinski definition) is 1. The molecule has 1 N–H and O–H groups in total. The van der Waals surface area contributed by atoms with Crippen molar-refractivity contribution in [2.75, 3.05) is 31.9 Å². The van der Waals surface area contributed by atoms with Crippen molar-refractivity contribution in [3.63, 3.8) is 0 Å². The van der Waals surface area contributed by atoms with Crippen LogP contribution in [-0.2, 0) is 0 Å². The molecule has 104 valence electrons. The van der Waals surface area contributed by atoms with E-state index in [1.54, 1.807) is 0 Å². The molecule has 0 spiro atoms. The first-order chi connectivity index (χ1) is 9.35. The van der Waals surface area contributed by atoms with Crippen LogP contribution in [0.5, 0.6) is 0 Å². The van der Waals surface area contributed by atoms with Crippen LogP contribution < -0.4 is 5.32 Å². The molecule has 0 saturated carbocycles. The summed E-state index contributed by atoms with van der Waals surface area (Å²) in [6, 6.07) is 11.2. The van der Waals surface area contributed by atoms with Gasteiger partial charge in [0.15, 0.2) is 5.17 Å².